The monoisotopic (exact) mass is 435 g/mol. The van der Waals surface area contributed by atoms with Gasteiger partial charge in [-0.05, 0) is 36.4 Å². The highest BCUT2D eigenvalue weighted by Crippen LogP contribution is 2.27. The van der Waals surface area contributed by atoms with E-state index in [0.717, 1.165) is 28.2 Å². The maximum atomic E-state index is 6.23. The third kappa shape index (κ3) is 5.55. The molecule has 0 aliphatic rings. The topological polar surface area (TPSA) is 30.5 Å². The fourth-order valence-electron chi connectivity index (χ4n) is 2.80. The van der Waals surface area contributed by atoms with E-state index in [2.05, 4.69) is 5.32 Å². The van der Waals surface area contributed by atoms with Crippen LogP contribution in [0.25, 0.3) is 0 Å². The van der Waals surface area contributed by atoms with Crippen LogP contribution < -0.4 is 14.8 Å². The SMILES string of the molecule is COc1ccccc1CNCc1cc(Cl)ccc1OCc1ccc(Cl)cc1Cl. The van der Waals surface area contributed by atoms with E-state index in [-0.39, 0.29) is 0 Å². The number of benzene rings is 3. The molecule has 0 amide bonds. The Hall–Kier alpha value is -1.91. The van der Waals surface area contributed by atoms with Crippen LogP contribution in [0.3, 0.4) is 0 Å². The Morgan fingerprint density at radius 3 is 2.25 bits per heavy atom. The minimum Gasteiger partial charge on any atom is -0.496 e. The highest BCUT2D eigenvalue weighted by Gasteiger charge is 2.08. The molecule has 3 nitrogen and oxygen atoms in total. The summed E-state index contributed by atoms with van der Waals surface area (Å²) in [6, 6.07) is 18.9. The first-order valence-electron chi connectivity index (χ1n) is 8.74. The van der Waals surface area contributed by atoms with Gasteiger partial charge in [-0.2, -0.15) is 0 Å². The van der Waals surface area contributed by atoms with Gasteiger partial charge in [0.25, 0.3) is 0 Å². The molecule has 0 radical (unpaired) electrons. The lowest BCUT2D eigenvalue weighted by molar-refractivity contribution is 0.302. The molecule has 0 saturated heterocycles. The van der Waals surface area contributed by atoms with Crippen molar-refractivity contribution in [1.82, 2.24) is 5.32 Å². The zero-order valence-electron chi connectivity index (χ0n) is 15.3. The Morgan fingerprint density at radius 1 is 0.750 bits per heavy atom. The predicted octanol–water partition coefficient (Wildman–Crippen LogP) is 6.52. The van der Waals surface area contributed by atoms with Crippen LogP contribution >= 0.6 is 34.8 Å². The highest BCUT2D eigenvalue weighted by atomic mass is 35.5. The van der Waals surface area contributed by atoms with Crippen LogP contribution in [0.15, 0.2) is 60.7 Å². The molecule has 0 fully saturated rings. The fraction of sp³-hybridized carbons (Fsp3) is 0.182. The maximum Gasteiger partial charge on any atom is 0.124 e. The van der Waals surface area contributed by atoms with E-state index in [4.69, 9.17) is 44.3 Å². The molecule has 1 N–H and O–H groups in total. The number of ether oxygens (including phenoxy) is 2. The van der Waals surface area contributed by atoms with Crippen LogP contribution in [0, 0.1) is 0 Å². The zero-order valence-corrected chi connectivity index (χ0v) is 17.6. The summed E-state index contributed by atoms with van der Waals surface area (Å²) in [4.78, 5) is 0. The van der Waals surface area contributed by atoms with Crippen molar-refractivity contribution in [2.45, 2.75) is 19.7 Å². The standard InChI is InChI=1S/C22H20Cl3NO2/c1-27-21-5-3-2-4-15(21)12-26-13-17-10-18(23)8-9-22(17)28-14-16-6-7-19(24)11-20(16)25/h2-11,26H,12-14H2,1H3. The van der Waals surface area contributed by atoms with Crippen LogP contribution in [0.2, 0.25) is 15.1 Å². The van der Waals surface area contributed by atoms with Crippen molar-refractivity contribution in [3.8, 4) is 11.5 Å². The average Bonchev–Trinajstić information content (AvgIpc) is 2.69. The van der Waals surface area contributed by atoms with Crippen LogP contribution in [-0.2, 0) is 19.7 Å². The number of hydrogen-bond acceptors (Lipinski definition) is 3. The molecule has 0 saturated carbocycles. The molecule has 6 heteroatoms. The second-order valence-corrected chi connectivity index (χ2v) is 7.47. The van der Waals surface area contributed by atoms with Crippen molar-refractivity contribution in [2.24, 2.45) is 0 Å². The van der Waals surface area contributed by atoms with Gasteiger partial charge in [0.05, 0.1) is 7.11 Å². The molecule has 3 aromatic rings. The van der Waals surface area contributed by atoms with Crippen molar-refractivity contribution < 1.29 is 9.47 Å². The third-order valence-corrected chi connectivity index (χ3v) is 5.07. The van der Waals surface area contributed by atoms with Crippen molar-refractivity contribution in [3.05, 3.63) is 92.4 Å². The van der Waals surface area contributed by atoms with Gasteiger partial charge in [-0.25, -0.2) is 0 Å². The first-order valence-corrected chi connectivity index (χ1v) is 9.88. The Kier molecular flexibility index (Phi) is 7.46. The van der Waals surface area contributed by atoms with Crippen LogP contribution in [0.4, 0.5) is 0 Å². The van der Waals surface area contributed by atoms with Gasteiger partial charge in [0, 0.05) is 44.8 Å². The predicted molar refractivity (Wildman–Crippen MR) is 116 cm³/mol. The smallest absolute Gasteiger partial charge is 0.124 e. The molecule has 3 rings (SSSR count). The van der Waals surface area contributed by atoms with E-state index in [9.17, 15) is 0 Å². The molecule has 0 heterocycles. The normalized spacial score (nSPS) is 10.7. The Labute approximate surface area is 180 Å². The van der Waals surface area contributed by atoms with E-state index in [1.165, 1.54) is 0 Å². The molecule has 3 aromatic carbocycles. The summed E-state index contributed by atoms with van der Waals surface area (Å²) >= 11 is 18.4. The first-order chi connectivity index (χ1) is 13.6. The fourth-order valence-corrected chi connectivity index (χ4v) is 3.46. The number of rotatable bonds is 8. The van der Waals surface area contributed by atoms with E-state index in [1.807, 2.05) is 48.5 Å². The Bertz CT molecular complexity index is 947. The number of para-hydroxylation sites is 1. The van der Waals surface area contributed by atoms with Gasteiger partial charge in [-0.3, -0.25) is 0 Å². The van der Waals surface area contributed by atoms with Crippen molar-refractivity contribution >= 4 is 34.8 Å². The van der Waals surface area contributed by atoms with Gasteiger partial charge in [-0.1, -0.05) is 59.1 Å². The zero-order chi connectivity index (χ0) is 19.9. The van der Waals surface area contributed by atoms with Crippen molar-refractivity contribution in [2.75, 3.05) is 7.11 Å². The number of halogens is 3. The summed E-state index contributed by atoms with van der Waals surface area (Å²) in [6.07, 6.45) is 0. The second-order valence-electron chi connectivity index (χ2n) is 6.19. The summed E-state index contributed by atoms with van der Waals surface area (Å²) in [5.74, 6) is 1.61. The third-order valence-electron chi connectivity index (χ3n) is 4.24. The van der Waals surface area contributed by atoms with Gasteiger partial charge >= 0.3 is 0 Å². The van der Waals surface area contributed by atoms with Gasteiger partial charge in [-0.15, -0.1) is 0 Å². The Morgan fingerprint density at radius 2 is 1.46 bits per heavy atom. The molecule has 0 aliphatic carbocycles. The minimum atomic E-state index is 0.344. The molecule has 28 heavy (non-hydrogen) atoms. The number of nitrogens with one attached hydrogen (secondary N) is 1. The minimum absolute atomic E-state index is 0.344. The molecule has 0 atom stereocenters. The highest BCUT2D eigenvalue weighted by molar-refractivity contribution is 6.35. The molecular weight excluding hydrogens is 417 g/mol. The molecule has 0 aliphatic heterocycles. The van der Waals surface area contributed by atoms with Crippen molar-refractivity contribution in [3.63, 3.8) is 0 Å². The van der Waals surface area contributed by atoms with Crippen LogP contribution in [0.1, 0.15) is 16.7 Å². The van der Waals surface area contributed by atoms with E-state index in [1.54, 1.807) is 19.2 Å². The molecule has 0 spiro atoms. The first kappa shape index (κ1) is 20.8. The van der Waals surface area contributed by atoms with Crippen LogP contribution in [-0.4, -0.2) is 7.11 Å². The number of hydrogen-bond donors (Lipinski definition) is 1. The molecule has 0 aromatic heterocycles. The maximum absolute atomic E-state index is 6.23. The van der Waals surface area contributed by atoms with E-state index >= 15 is 0 Å². The van der Waals surface area contributed by atoms with Gasteiger partial charge in [0.2, 0.25) is 0 Å². The summed E-state index contributed by atoms with van der Waals surface area (Å²) < 4.78 is 11.4. The van der Waals surface area contributed by atoms with Gasteiger partial charge < -0.3 is 14.8 Å². The number of methoxy groups -OCH3 is 1. The molecule has 0 unspecified atom stereocenters. The summed E-state index contributed by atoms with van der Waals surface area (Å²) in [5, 5.41) is 5.25. The van der Waals surface area contributed by atoms with E-state index < -0.39 is 0 Å². The summed E-state index contributed by atoms with van der Waals surface area (Å²) in [7, 11) is 1.67. The molecule has 146 valence electrons. The summed E-state index contributed by atoms with van der Waals surface area (Å²) in [6.45, 7) is 1.61. The lowest BCUT2D eigenvalue weighted by Crippen LogP contribution is -2.14. The lowest BCUT2D eigenvalue weighted by atomic mass is 10.1. The molecule has 0 bridgehead atoms. The van der Waals surface area contributed by atoms with E-state index in [0.29, 0.717) is 34.8 Å². The average molecular weight is 437 g/mol. The quantitative estimate of drug-likeness (QED) is 0.436. The second kappa shape index (κ2) is 10.0. The van der Waals surface area contributed by atoms with Gasteiger partial charge in [0.15, 0.2) is 0 Å². The Balaban J connectivity index is 1.66. The molecular formula is C22H20Cl3NO2. The van der Waals surface area contributed by atoms with Crippen LogP contribution in [0.5, 0.6) is 11.5 Å². The largest absolute Gasteiger partial charge is 0.496 e. The lowest BCUT2D eigenvalue weighted by Gasteiger charge is -2.14. The van der Waals surface area contributed by atoms with Gasteiger partial charge in [0.1, 0.15) is 18.1 Å². The van der Waals surface area contributed by atoms with Crippen molar-refractivity contribution in [1.29, 1.82) is 0 Å². The summed E-state index contributed by atoms with van der Waals surface area (Å²) in [5.41, 5.74) is 2.92.